The zero-order valence-electron chi connectivity index (χ0n) is 13.7. The van der Waals surface area contributed by atoms with Crippen molar-refractivity contribution in [2.24, 2.45) is 0 Å². The van der Waals surface area contributed by atoms with E-state index in [2.05, 4.69) is 20.7 Å². The Morgan fingerprint density at radius 2 is 1.68 bits per heavy atom. The molecule has 0 bridgehead atoms. The van der Waals surface area contributed by atoms with Gasteiger partial charge in [0.15, 0.2) is 5.60 Å². The number of esters is 2. The monoisotopic (exact) mass is 372 g/mol. The van der Waals surface area contributed by atoms with Crippen molar-refractivity contribution in [3.63, 3.8) is 0 Å². The molecule has 22 heavy (non-hydrogen) atoms. The quantitative estimate of drug-likeness (QED) is 0.753. The van der Waals surface area contributed by atoms with Crippen LogP contribution in [0.2, 0.25) is 0 Å². The summed E-state index contributed by atoms with van der Waals surface area (Å²) < 4.78 is 16.4. The Balaban J connectivity index is 3.02. The van der Waals surface area contributed by atoms with Gasteiger partial charge in [-0.15, -0.1) is 0 Å². The first-order valence-electron chi connectivity index (χ1n) is 6.76. The minimum absolute atomic E-state index is 0.334. The van der Waals surface area contributed by atoms with Gasteiger partial charge in [-0.25, -0.2) is 9.59 Å². The topological polar surface area (TPSA) is 61.8 Å². The molecule has 1 aromatic carbocycles. The van der Waals surface area contributed by atoms with Crippen molar-refractivity contribution in [2.75, 3.05) is 7.11 Å². The molecule has 0 N–H and O–H groups in total. The van der Waals surface area contributed by atoms with Crippen molar-refractivity contribution in [3.8, 4) is 5.75 Å². The van der Waals surface area contributed by atoms with Gasteiger partial charge in [-0.3, -0.25) is 0 Å². The van der Waals surface area contributed by atoms with Crippen molar-refractivity contribution < 1.29 is 23.8 Å². The molecule has 1 rings (SSSR count). The second-order valence-corrected chi connectivity index (χ2v) is 7.11. The molecular formula is C16H21BrO5. The number of ether oxygens (including phenoxy) is 3. The van der Waals surface area contributed by atoms with Gasteiger partial charge >= 0.3 is 11.9 Å². The summed E-state index contributed by atoms with van der Waals surface area (Å²) in [5.41, 5.74) is -1.48. The van der Waals surface area contributed by atoms with E-state index in [1.54, 1.807) is 46.8 Å². The van der Waals surface area contributed by atoms with E-state index in [-0.39, 0.29) is 0 Å². The number of benzene rings is 1. The van der Waals surface area contributed by atoms with Crippen molar-refractivity contribution in [1.82, 2.24) is 0 Å². The van der Waals surface area contributed by atoms with Crippen LogP contribution in [0.25, 0.3) is 0 Å². The molecule has 0 atom stereocenters. The van der Waals surface area contributed by atoms with Gasteiger partial charge in [-0.05, 0) is 68.7 Å². The molecule has 0 radical (unpaired) electrons. The molecule has 6 heteroatoms. The Labute approximate surface area is 139 Å². The Kier molecular flexibility index (Phi) is 5.62. The van der Waals surface area contributed by atoms with Crippen LogP contribution in [0.3, 0.4) is 0 Å². The fraction of sp³-hybridized carbons (Fsp3) is 0.500. The molecule has 0 aliphatic rings. The molecule has 0 fully saturated rings. The average Bonchev–Trinajstić information content (AvgIpc) is 2.38. The predicted octanol–water partition coefficient (Wildman–Crippen LogP) is 3.73. The number of halogens is 1. The van der Waals surface area contributed by atoms with Crippen molar-refractivity contribution in [3.05, 3.63) is 28.2 Å². The lowest BCUT2D eigenvalue weighted by molar-refractivity contribution is -0.171. The zero-order chi connectivity index (χ0) is 17.1. The van der Waals surface area contributed by atoms with E-state index < -0.39 is 23.1 Å². The smallest absolute Gasteiger partial charge is 0.350 e. The zero-order valence-corrected chi connectivity index (χ0v) is 15.2. The van der Waals surface area contributed by atoms with Gasteiger partial charge in [0.1, 0.15) is 11.4 Å². The van der Waals surface area contributed by atoms with E-state index in [1.807, 2.05) is 0 Å². The van der Waals surface area contributed by atoms with Crippen molar-refractivity contribution >= 4 is 27.9 Å². The Morgan fingerprint density at radius 3 is 2.18 bits per heavy atom. The van der Waals surface area contributed by atoms with Gasteiger partial charge in [-0.1, -0.05) is 0 Å². The maximum Gasteiger partial charge on any atom is 0.350 e. The van der Waals surface area contributed by atoms with Crippen LogP contribution in [0.15, 0.2) is 22.7 Å². The van der Waals surface area contributed by atoms with Gasteiger partial charge in [-0.2, -0.15) is 0 Å². The summed E-state index contributed by atoms with van der Waals surface area (Å²) in [4.78, 5) is 23.8. The summed E-state index contributed by atoms with van der Waals surface area (Å²) in [6.45, 7) is 8.58. The molecule has 122 valence electrons. The van der Waals surface area contributed by atoms with Gasteiger partial charge in [0.2, 0.25) is 0 Å². The normalized spacial score (nSPS) is 11.8. The number of methoxy groups -OCH3 is 1. The van der Waals surface area contributed by atoms with Crippen LogP contribution in [0.5, 0.6) is 5.75 Å². The third-order valence-electron chi connectivity index (χ3n) is 2.61. The number of carbonyl (C=O) groups excluding carboxylic acids is 2. The first-order chi connectivity index (χ1) is 9.96. The van der Waals surface area contributed by atoms with Gasteiger partial charge in [0, 0.05) is 0 Å². The van der Waals surface area contributed by atoms with Crippen LogP contribution < -0.4 is 4.74 Å². The summed E-state index contributed by atoms with van der Waals surface area (Å²) in [5.74, 6) is -0.610. The van der Waals surface area contributed by atoms with Crippen LogP contribution in [-0.2, 0) is 14.3 Å². The maximum atomic E-state index is 12.2. The SMILES string of the molecule is COC(=O)c1ccc(Br)c(OC(C)(C)C(=O)OC(C)(C)C)c1. The Hall–Kier alpha value is -1.56. The van der Waals surface area contributed by atoms with E-state index in [0.717, 1.165) is 0 Å². The number of hydrogen-bond acceptors (Lipinski definition) is 5. The minimum atomic E-state index is -1.20. The average molecular weight is 373 g/mol. The van der Waals surface area contributed by atoms with Crippen LogP contribution in [0.4, 0.5) is 0 Å². The van der Waals surface area contributed by atoms with E-state index in [0.29, 0.717) is 15.8 Å². The summed E-state index contributed by atoms with van der Waals surface area (Å²) >= 11 is 3.34. The highest BCUT2D eigenvalue weighted by Crippen LogP contribution is 2.30. The summed E-state index contributed by atoms with van der Waals surface area (Å²) in [7, 11) is 1.30. The molecule has 5 nitrogen and oxygen atoms in total. The van der Waals surface area contributed by atoms with E-state index >= 15 is 0 Å². The molecule has 0 spiro atoms. The van der Waals surface area contributed by atoms with Gasteiger partial charge in [0.05, 0.1) is 17.1 Å². The first kappa shape index (κ1) is 18.5. The Bertz CT molecular complexity index is 572. The molecule has 0 heterocycles. The summed E-state index contributed by atoms with van der Waals surface area (Å²) in [6, 6.07) is 4.78. The Morgan fingerprint density at radius 1 is 1.09 bits per heavy atom. The number of carbonyl (C=O) groups is 2. The second kappa shape index (κ2) is 6.69. The molecule has 0 amide bonds. The van der Waals surface area contributed by atoms with E-state index in [4.69, 9.17) is 9.47 Å². The highest BCUT2D eigenvalue weighted by Gasteiger charge is 2.35. The molecule has 1 aromatic rings. The van der Waals surface area contributed by atoms with E-state index in [9.17, 15) is 9.59 Å². The predicted molar refractivity (Wildman–Crippen MR) is 86.0 cm³/mol. The van der Waals surface area contributed by atoms with Gasteiger partial charge in [0.25, 0.3) is 0 Å². The first-order valence-corrected chi connectivity index (χ1v) is 7.56. The molecule has 0 aliphatic carbocycles. The molecule has 0 aliphatic heterocycles. The molecule has 0 saturated heterocycles. The molecule has 0 unspecified atom stereocenters. The van der Waals surface area contributed by atoms with Crippen LogP contribution in [0.1, 0.15) is 45.0 Å². The van der Waals surface area contributed by atoms with Gasteiger partial charge < -0.3 is 14.2 Å². The van der Waals surface area contributed by atoms with E-state index in [1.165, 1.54) is 13.2 Å². The summed E-state index contributed by atoms with van der Waals surface area (Å²) in [5, 5.41) is 0. The molecular weight excluding hydrogens is 352 g/mol. The molecule has 0 saturated carbocycles. The number of hydrogen-bond donors (Lipinski definition) is 0. The minimum Gasteiger partial charge on any atom is -0.475 e. The fourth-order valence-corrected chi connectivity index (χ4v) is 1.87. The molecule has 0 aromatic heterocycles. The maximum absolute atomic E-state index is 12.2. The van der Waals surface area contributed by atoms with Crippen LogP contribution in [-0.4, -0.2) is 30.3 Å². The lowest BCUT2D eigenvalue weighted by Crippen LogP contribution is -2.43. The second-order valence-electron chi connectivity index (χ2n) is 6.25. The largest absolute Gasteiger partial charge is 0.475 e. The lowest BCUT2D eigenvalue weighted by Gasteiger charge is -2.29. The van der Waals surface area contributed by atoms with Crippen molar-refractivity contribution in [2.45, 2.75) is 45.8 Å². The summed E-state index contributed by atoms with van der Waals surface area (Å²) in [6.07, 6.45) is 0. The number of rotatable bonds is 4. The third-order valence-corrected chi connectivity index (χ3v) is 3.26. The van der Waals surface area contributed by atoms with Crippen LogP contribution >= 0.6 is 15.9 Å². The highest BCUT2D eigenvalue weighted by atomic mass is 79.9. The van der Waals surface area contributed by atoms with Crippen molar-refractivity contribution in [1.29, 1.82) is 0 Å². The standard InChI is InChI=1S/C16H21BrO5/c1-15(2,3)22-14(19)16(4,5)21-12-9-10(13(18)20-6)7-8-11(12)17/h7-9H,1-6H3. The lowest BCUT2D eigenvalue weighted by atomic mass is 10.1. The third kappa shape index (κ3) is 5.02. The fourth-order valence-electron chi connectivity index (χ4n) is 1.54. The highest BCUT2D eigenvalue weighted by molar-refractivity contribution is 9.10. The van der Waals surface area contributed by atoms with Crippen LogP contribution in [0, 0.1) is 0 Å².